The third-order valence-electron chi connectivity index (χ3n) is 3.85. The number of amides is 1. The molecule has 0 aliphatic carbocycles. The fourth-order valence-electron chi connectivity index (χ4n) is 2.58. The van der Waals surface area contributed by atoms with E-state index in [1.54, 1.807) is 13.2 Å². The Morgan fingerprint density at radius 2 is 2.00 bits per heavy atom. The molecule has 0 aliphatic heterocycles. The molecule has 1 aromatic carbocycles. The van der Waals surface area contributed by atoms with Crippen molar-refractivity contribution in [2.24, 2.45) is 0 Å². The lowest BCUT2D eigenvalue weighted by Crippen LogP contribution is -2.33. The number of hydrogen-bond donors (Lipinski definition) is 1. The number of nitrogens with zero attached hydrogens (tertiary/aromatic N) is 2. The van der Waals surface area contributed by atoms with Gasteiger partial charge in [-0.1, -0.05) is 43.8 Å². The number of hydrogen-bond acceptors (Lipinski definition) is 6. The molecule has 0 atom stereocenters. The highest BCUT2D eigenvalue weighted by atomic mass is 32.2. The second kappa shape index (κ2) is 9.36. The molecule has 0 saturated heterocycles. The molecule has 1 amide bonds. The average molecular weight is 389 g/mol. The molecule has 2 aromatic rings. The number of ether oxygens (including phenoxy) is 1. The fourth-order valence-corrected chi connectivity index (χ4v) is 3.10. The zero-order chi connectivity index (χ0) is 20.0. The standard InChI is InChI=1S/C19H23N3O4S/c1-5-26-18(25)14-10-20-19(27-4)22(17(14)24)11-16(23)21-15-9-7-6-8-13(15)12(2)3/h6-10,12H,5,11H2,1-4H3,(H,21,23). The van der Waals surface area contributed by atoms with Gasteiger partial charge in [-0.3, -0.25) is 14.2 Å². The lowest BCUT2D eigenvalue weighted by Gasteiger charge is -2.15. The molecule has 0 fully saturated rings. The second-order valence-corrected chi connectivity index (χ2v) is 6.83. The van der Waals surface area contributed by atoms with Crippen LogP contribution < -0.4 is 10.9 Å². The highest BCUT2D eigenvalue weighted by Crippen LogP contribution is 2.23. The first-order valence-corrected chi connectivity index (χ1v) is 9.81. The Morgan fingerprint density at radius 1 is 1.30 bits per heavy atom. The van der Waals surface area contributed by atoms with Gasteiger partial charge in [0.2, 0.25) is 5.91 Å². The van der Waals surface area contributed by atoms with E-state index in [9.17, 15) is 14.4 Å². The van der Waals surface area contributed by atoms with Crippen molar-refractivity contribution < 1.29 is 14.3 Å². The van der Waals surface area contributed by atoms with E-state index >= 15 is 0 Å². The number of benzene rings is 1. The van der Waals surface area contributed by atoms with Crippen LogP contribution >= 0.6 is 11.8 Å². The molecule has 1 N–H and O–H groups in total. The number of nitrogens with one attached hydrogen (secondary N) is 1. The molecule has 0 aliphatic rings. The molecule has 0 saturated carbocycles. The van der Waals surface area contributed by atoms with Crippen LogP contribution in [-0.4, -0.2) is 34.3 Å². The Bertz CT molecular complexity index is 893. The Hall–Kier alpha value is -2.61. The van der Waals surface area contributed by atoms with Crippen molar-refractivity contribution >= 4 is 29.3 Å². The molecule has 2 rings (SSSR count). The van der Waals surface area contributed by atoms with E-state index in [4.69, 9.17) is 4.74 Å². The summed E-state index contributed by atoms with van der Waals surface area (Å²) in [6.45, 7) is 5.62. The van der Waals surface area contributed by atoms with Crippen LogP contribution in [0.1, 0.15) is 42.6 Å². The van der Waals surface area contributed by atoms with Gasteiger partial charge in [-0.25, -0.2) is 9.78 Å². The van der Waals surface area contributed by atoms with Crippen molar-refractivity contribution in [1.29, 1.82) is 0 Å². The van der Waals surface area contributed by atoms with Crippen LogP contribution in [0.25, 0.3) is 0 Å². The number of carbonyl (C=O) groups excluding carboxylic acids is 2. The number of esters is 1. The number of carbonyl (C=O) groups is 2. The van der Waals surface area contributed by atoms with E-state index in [2.05, 4.69) is 10.3 Å². The lowest BCUT2D eigenvalue weighted by molar-refractivity contribution is -0.116. The van der Waals surface area contributed by atoms with Gasteiger partial charge < -0.3 is 10.1 Å². The van der Waals surface area contributed by atoms with E-state index in [-0.39, 0.29) is 30.5 Å². The van der Waals surface area contributed by atoms with Crippen LogP contribution in [0, 0.1) is 0 Å². The van der Waals surface area contributed by atoms with Crippen molar-refractivity contribution in [3.8, 4) is 0 Å². The zero-order valence-electron chi connectivity index (χ0n) is 15.8. The summed E-state index contributed by atoms with van der Waals surface area (Å²) in [5.74, 6) is -0.884. The number of aromatic nitrogens is 2. The summed E-state index contributed by atoms with van der Waals surface area (Å²) in [5.41, 5.74) is 0.914. The number of anilines is 1. The molecule has 7 nitrogen and oxygen atoms in total. The van der Waals surface area contributed by atoms with Crippen LogP contribution in [-0.2, 0) is 16.1 Å². The normalized spacial score (nSPS) is 10.7. The summed E-state index contributed by atoms with van der Waals surface area (Å²) in [6.07, 6.45) is 2.93. The Labute approximate surface area is 162 Å². The van der Waals surface area contributed by atoms with Gasteiger partial charge in [0.05, 0.1) is 12.8 Å². The van der Waals surface area contributed by atoms with Gasteiger partial charge in [-0.15, -0.1) is 0 Å². The minimum absolute atomic E-state index is 0.148. The van der Waals surface area contributed by atoms with Crippen molar-refractivity contribution in [3.05, 3.63) is 51.9 Å². The molecule has 1 heterocycles. The summed E-state index contributed by atoms with van der Waals surface area (Å²) in [5, 5.41) is 3.19. The van der Waals surface area contributed by atoms with Gasteiger partial charge in [0.15, 0.2) is 5.16 Å². The van der Waals surface area contributed by atoms with Gasteiger partial charge in [0, 0.05) is 5.69 Å². The molecular formula is C19H23N3O4S. The Morgan fingerprint density at radius 3 is 2.63 bits per heavy atom. The number of thioether (sulfide) groups is 1. The van der Waals surface area contributed by atoms with E-state index in [1.807, 2.05) is 38.1 Å². The average Bonchev–Trinajstić information content (AvgIpc) is 2.63. The van der Waals surface area contributed by atoms with Crippen molar-refractivity contribution in [3.63, 3.8) is 0 Å². The first kappa shape index (κ1) is 20.7. The SMILES string of the molecule is CCOC(=O)c1cnc(SC)n(CC(=O)Nc2ccccc2C(C)C)c1=O. The van der Waals surface area contributed by atoms with Gasteiger partial charge >= 0.3 is 5.97 Å². The highest BCUT2D eigenvalue weighted by Gasteiger charge is 2.19. The highest BCUT2D eigenvalue weighted by molar-refractivity contribution is 7.98. The zero-order valence-corrected chi connectivity index (χ0v) is 16.6. The maximum Gasteiger partial charge on any atom is 0.345 e. The molecule has 0 radical (unpaired) electrons. The van der Waals surface area contributed by atoms with Crippen LogP contribution in [0.3, 0.4) is 0 Å². The third kappa shape index (κ3) is 4.97. The first-order valence-electron chi connectivity index (χ1n) is 8.58. The van der Waals surface area contributed by atoms with Crippen LogP contribution in [0.15, 0.2) is 40.4 Å². The minimum atomic E-state index is -0.748. The molecule has 0 unspecified atom stereocenters. The molecule has 8 heteroatoms. The first-order chi connectivity index (χ1) is 12.9. The summed E-state index contributed by atoms with van der Waals surface area (Å²) in [6, 6.07) is 7.51. The maximum absolute atomic E-state index is 12.7. The molecule has 0 spiro atoms. The Kier molecular flexibility index (Phi) is 7.18. The smallest absolute Gasteiger partial charge is 0.345 e. The van der Waals surface area contributed by atoms with Crippen LogP contribution in [0.2, 0.25) is 0 Å². The number of rotatable bonds is 7. The summed E-state index contributed by atoms with van der Waals surface area (Å²) >= 11 is 1.22. The van der Waals surface area contributed by atoms with Crippen molar-refractivity contribution in [2.45, 2.75) is 38.4 Å². The fraction of sp³-hybridized carbons (Fsp3) is 0.368. The Balaban J connectivity index is 2.31. The van der Waals surface area contributed by atoms with E-state index < -0.39 is 11.5 Å². The predicted octanol–water partition coefficient (Wildman–Crippen LogP) is 2.90. The van der Waals surface area contributed by atoms with E-state index in [0.29, 0.717) is 10.8 Å². The molecule has 27 heavy (non-hydrogen) atoms. The third-order valence-corrected chi connectivity index (χ3v) is 4.54. The van der Waals surface area contributed by atoms with E-state index in [1.165, 1.54) is 22.5 Å². The van der Waals surface area contributed by atoms with Gasteiger partial charge in [0.1, 0.15) is 12.1 Å². The minimum Gasteiger partial charge on any atom is -0.462 e. The monoisotopic (exact) mass is 389 g/mol. The lowest BCUT2D eigenvalue weighted by atomic mass is 10.0. The van der Waals surface area contributed by atoms with E-state index in [0.717, 1.165) is 5.56 Å². The largest absolute Gasteiger partial charge is 0.462 e. The molecule has 0 bridgehead atoms. The quantitative estimate of drug-likeness (QED) is 0.445. The topological polar surface area (TPSA) is 90.3 Å². The van der Waals surface area contributed by atoms with Crippen LogP contribution in [0.5, 0.6) is 0 Å². The molecular weight excluding hydrogens is 366 g/mol. The number of para-hydroxylation sites is 1. The molecule has 1 aromatic heterocycles. The predicted molar refractivity (Wildman–Crippen MR) is 105 cm³/mol. The maximum atomic E-state index is 12.7. The van der Waals surface area contributed by atoms with Gasteiger partial charge in [0.25, 0.3) is 5.56 Å². The van der Waals surface area contributed by atoms with Crippen LogP contribution in [0.4, 0.5) is 5.69 Å². The summed E-state index contributed by atoms with van der Waals surface area (Å²) in [4.78, 5) is 41.3. The second-order valence-electron chi connectivity index (χ2n) is 6.06. The molecule has 144 valence electrons. The van der Waals surface area contributed by atoms with Crippen molar-refractivity contribution in [1.82, 2.24) is 9.55 Å². The summed E-state index contributed by atoms with van der Waals surface area (Å²) in [7, 11) is 0. The van der Waals surface area contributed by atoms with Crippen molar-refractivity contribution in [2.75, 3.05) is 18.2 Å². The van der Waals surface area contributed by atoms with Gasteiger partial charge in [-0.2, -0.15) is 0 Å². The van der Waals surface area contributed by atoms with Gasteiger partial charge in [-0.05, 0) is 30.7 Å². The summed E-state index contributed by atoms with van der Waals surface area (Å²) < 4.78 is 6.07.